The van der Waals surface area contributed by atoms with Crippen LogP contribution >= 0.6 is 22.9 Å². The molecule has 0 aliphatic carbocycles. The highest BCUT2D eigenvalue weighted by Gasteiger charge is 2.25. The summed E-state index contributed by atoms with van der Waals surface area (Å²) in [6.45, 7) is 0.364. The standard InChI is InChI=1S/C18H13ClN2O3S/c19-11-5-7-12(8-6-11)20-17(22)13-10-25-18(21-13)16-9-23-14-3-1-2-4-15(14)24-16/h1-8,10,16H,9H2,(H,20,22)/t16-/m1/s1. The molecule has 1 aliphatic rings. The first-order valence-electron chi connectivity index (χ1n) is 7.60. The minimum absolute atomic E-state index is 0.276. The van der Waals surface area contributed by atoms with Crippen LogP contribution in [0.15, 0.2) is 53.9 Å². The van der Waals surface area contributed by atoms with Crippen molar-refractivity contribution < 1.29 is 14.3 Å². The molecule has 0 spiro atoms. The lowest BCUT2D eigenvalue weighted by atomic mass is 10.2. The van der Waals surface area contributed by atoms with Crippen LogP contribution in [0.5, 0.6) is 11.5 Å². The van der Waals surface area contributed by atoms with Crippen LogP contribution in [0.4, 0.5) is 5.69 Å². The molecule has 1 aliphatic heterocycles. The average molecular weight is 373 g/mol. The van der Waals surface area contributed by atoms with Gasteiger partial charge in [-0.2, -0.15) is 0 Å². The Bertz CT molecular complexity index is 911. The number of para-hydroxylation sites is 2. The molecule has 126 valence electrons. The second-order valence-electron chi connectivity index (χ2n) is 5.40. The third kappa shape index (κ3) is 3.45. The first-order valence-corrected chi connectivity index (χ1v) is 8.85. The fourth-order valence-corrected chi connectivity index (χ4v) is 3.35. The van der Waals surface area contributed by atoms with E-state index >= 15 is 0 Å². The van der Waals surface area contributed by atoms with Gasteiger partial charge in [-0.15, -0.1) is 11.3 Å². The third-order valence-electron chi connectivity index (χ3n) is 3.64. The Morgan fingerprint density at radius 3 is 2.72 bits per heavy atom. The number of halogens is 1. The van der Waals surface area contributed by atoms with Crippen molar-refractivity contribution in [3.8, 4) is 11.5 Å². The molecular formula is C18H13ClN2O3S. The minimum atomic E-state index is -0.322. The molecule has 4 rings (SSSR count). The second kappa shape index (κ2) is 6.74. The Kier molecular flexibility index (Phi) is 4.29. The highest BCUT2D eigenvalue weighted by Crippen LogP contribution is 2.36. The summed E-state index contributed by atoms with van der Waals surface area (Å²) < 4.78 is 11.6. The summed E-state index contributed by atoms with van der Waals surface area (Å²) in [6.07, 6.45) is -0.322. The number of carbonyl (C=O) groups excluding carboxylic acids is 1. The van der Waals surface area contributed by atoms with Gasteiger partial charge in [0.15, 0.2) is 17.6 Å². The molecule has 0 radical (unpaired) electrons. The van der Waals surface area contributed by atoms with Gasteiger partial charge in [0, 0.05) is 16.1 Å². The SMILES string of the molecule is O=C(Nc1ccc(Cl)cc1)c1csc([C@H]2COc3ccccc3O2)n1. The molecule has 7 heteroatoms. The van der Waals surface area contributed by atoms with Crippen molar-refractivity contribution in [2.24, 2.45) is 0 Å². The third-order valence-corrected chi connectivity index (χ3v) is 4.83. The summed E-state index contributed by atoms with van der Waals surface area (Å²) >= 11 is 7.22. The Hall–Kier alpha value is -2.57. The van der Waals surface area contributed by atoms with Crippen LogP contribution in [0, 0.1) is 0 Å². The molecule has 0 saturated carbocycles. The predicted molar refractivity (Wildman–Crippen MR) is 96.8 cm³/mol. The molecule has 3 aromatic rings. The van der Waals surface area contributed by atoms with Crippen LogP contribution in [0.2, 0.25) is 5.02 Å². The highest BCUT2D eigenvalue weighted by atomic mass is 35.5. The van der Waals surface area contributed by atoms with Crippen molar-refractivity contribution in [1.29, 1.82) is 0 Å². The lowest BCUT2D eigenvalue weighted by molar-refractivity contribution is 0.0906. The van der Waals surface area contributed by atoms with Crippen LogP contribution in [-0.4, -0.2) is 17.5 Å². The van der Waals surface area contributed by atoms with E-state index in [1.54, 1.807) is 29.6 Å². The molecular weight excluding hydrogens is 360 g/mol. The van der Waals surface area contributed by atoms with Gasteiger partial charge >= 0.3 is 0 Å². The number of anilines is 1. The van der Waals surface area contributed by atoms with Gasteiger partial charge in [-0.1, -0.05) is 23.7 Å². The van der Waals surface area contributed by atoms with Gasteiger partial charge in [0.25, 0.3) is 5.91 Å². The number of ether oxygens (including phenoxy) is 2. The second-order valence-corrected chi connectivity index (χ2v) is 6.72. The van der Waals surface area contributed by atoms with Gasteiger partial charge in [-0.3, -0.25) is 4.79 Å². The predicted octanol–water partition coefficient (Wildman–Crippen LogP) is 4.56. The van der Waals surface area contributed by atoms with E-state index in [2.05, 4.69) is 10.3 Å². The Morgan fingerprint density at radius 1 is 1.16 bits per heavy atom. The molecule has 25 heavy (non-hydrogen) atoms. The molecule has 0 saturated heterocycles. The quantitative estimate of drug-likeness (QED) is 0.732. The number of hydrogen-bond donors (Lipinski definition) is 1. The van der Waals surface area contributed by atoms with Crippen molar-refractivity contribution in [3.63, 3.8) is 0 Å². The van der Waals surface area contributed by atoms with Crippen molar-refractivity contribution in [1.82, 2.24) is 4.98 Å². The van der Waals surface area contributed by atoms with E-state index in [-0.39, 0.29) is 12.0 Å². The number of aromatic nitrogens is 1. The summed E-state index contributed by atoms with van der Waals surface area (Å²) in [5, 5.41) is 5.82. The van der Waals surface area contributed by atoms with E-state index < -0.39 is 0 Å². The largest absolute Gasteiger partial charge is 0.485 e. The molecule has 5 nitrogen and oxygen atoms in total. The number of fused-ring (bicyclic) bond motifs is 1. The maximum absolute atomic E-state index is 12.3. The van der Waals surface area contributed by atoms with E-state index in [0.29, 0.717) is 33.8 Å². The van der Waals surface area contributed by atoms with E-state index in [1.807, 2.05) is 24.3 Å². The number of hydrogen-bond acceptors (Lipinski definition) is 5. The average Bonchev–Trinajstić information content (AvgIpc) is 3.13. The Labute approximate surface area is 153 Å². The molecule has 0 unspecified atom stereocenters. The van der Waals surface area contributed by atoms with E-state index in [0.717, 1.165) is 5.75 Å². The van der Waals surface area contributed by atoms with E-state index in [9.17, 15) is 4.79 Å². The van der Waals surface area contributed by atoms with Crippen LogP contribution in [0.3, 0.4) is 0 Å². The Balaban J connectivity index is 1.47. The van der Waals surface area contributed by atoms with Crippen molar-refractivity contribution >= 4 is 34.5 Å². The lowest BCUT2D eigenvalue weighted by Gasteiger charge is -2.24. The van der Waals surface area contributed by atoms with Gasteiger partial charge in [0.1, 0.15) is 17.3 Å². The zero-order valence-electron chi connectivity index (χ0n) is 12.9. The number of carbonyl (C=O) groups is 1. The number of benzene rings is 2. The zero-order chi connectivity index (χ0) is 17.2. The summed E-state index contributed by atoms with van der Waals surface area (Å²) in [5.41, 5.74) is 1.01. The van der Waals surface area contributed by atoms with Gasteiger partial charge in [-0.05, 0) is 36.4 Å². The van der Waals surface area contributed by atoms with E-state index in [4.69, 9.17) is 21.1 Å². The number of nitrogens with one attached hydrogen (secondary N) is 1. The Morgan fingerprint density at radius 2 is 1.92 bits per heavy atom. The highest BCUT2D eigenvalue weighted by molar-refractivity contribution is 7.09. The molecule has 1 atom stereocenters. The fourth-order valence-electron chi connectivity index (χ4n) is 2.41. The molecule has 0 fully saturated rings. The fraction of sp³-hybridized carbons (Fsp3) is 0.111. The topological polar surface area (TPSA) is 60.5 Å². The van der Waals surface area contributed by atoms with Crippen LogP contribution in [0.25, 0.3) is 0 Å². The van der Waals surface area contributed by atoms with Crippen molar-refractivity contribution in [2.45, 2.75) is 6.10 Å². The normalized spacial score (nSPS) is 15.6. The van der Waals surface area contributed by atoms with Crippen LogP contribution in [-0.2, 0) is 0 Å². The summed E-state index contributed by atoms with van der Waals surface area (Å²) in [6, 6.07) is 14.4. The summed E-state index contributed by atoms with van der Waals surface area (Å²) in [4.78, 5) is 16.7. The number of amides is 1. The van der Waals surface area contributed by atoms with Crippen LogP contribution in [0.1, 0.15) is 21.6 Å². The summed E-state index contributed by atoms with van der Waals surface area (Å²) in [5.74, 6) is 1.12. The molecule has 1 aromatic heterocycles. The molecule has 2 heterocycles. The van der Waals surface area contributed by atoms with Gasteiger partial charge in [-0.25, -0.2) is 4.98 Å². The van der Waals surface area contributed by atoms with Gasteiger partial charge < -0.3 is 14.8 Å². The molecule has 1 N–H and O–H groups in total. The van der Waals surface area contributed by atoms with Gasteiger partial charge in [0.2, 0.25) is 0 Å². The molecule has 1 amide bonds. The maximum atomic E-state index is 12.3. The minimum Gasteiger partial charge on any atom is -0.485 e. The summed E-state index contributed by atoms with van der Waals surface area (Å²) in [7, 11) is 0. The van der Waals surface area contributed by atoms with Crippen molar-refractivity contribution in [3.05, 3.63) is 69.6 Å². The van der Waals surface area contributed by atoms with Crippen LogP contribution < -0.4 is 14.8 Å². The maximum Gasteiger partial charge on any atom is 0.275 e. The lowest BCUT2D eigenvalue weighted by Crippen LogP contribution is -2.21. The number of nitrogens with zero attached hydrogens (tertiary/aromatic N) is 1. The monoisotopic (exact) mass is 372 g/mol. The first kappa shape index (κ1) is 15.9. The first-order chi connectivity index (χ1) is 12.2. The number of thiazole rings is 1. The number of rotatable bonds is 3. The zero-order valence-corrected chi connectivity index (χ0v) is 14.5. The molecule has 0 bridgehead atoms. The smallest absolute Gasteiger partial charge is 0.275 e. The van der Waals surface area contributed by atoms with Gasteiger partial charge in [0.05, 0.1) is 0 Å². The molecule has 2 aromatic carbocycles. The van der Waals surface area contributed by atoms with E-state index in [1.165, 1.54) is 11.3 Å². The van der Waals surface area contributed by atoms with Crippen molar-refractivity contribution in [2.75, 3.05) is 11.9 Å².